The molecule has 0 unspecified atom stereocenters. The number of halogens is 2. The van der Waals surface area contributed by atoms with Crippen LogP contribution >= 0.6 is 0 Å². The molecule has 0 spiro atoms. The number of carbonyl (C=O) groups excluding carboxylic acids is 1. The summed E-state index contributed by atoms with van der Waals surface area (Å²) >= 11 is 0. The summed E-state index contributed by atoms with van der Waals surface area (Å²) in [7, 11) is 0. The van der Waals surface area contributed by atoms with Gasteiger partial charge in [-0.1, -0.05) is 0 Å². The van der Waals surface area contributed by atoms with Crippen LogP contribution in [0.1, 0.15) is 10.4 Å². The Hall–Kier alpha value is -3.68. The maximum absolute atomic E-state index is 13.5. The minimum Gasteiger partial charge on any atom is -0.368 e. The SMILES string of the molecule is O=C(c1cc2[nH]c(=O)c3cc(F)ccc3n2c1)N1CCN(c2ccc(F)cc2)CC1. The lowest BCUT2D eigenvalue weighted by atomic mass is 10.2. The number of anilines is 1. The molecule has 1 fully saturated rings. The topological polar surface area (TPSA) is 60.8 Å². The van der Waals surface area contributed by atoms with Crippen molar-refractivity contribution in [2.45, 2.75) is 0 Å². The van der Waals surface area contributed by atoms with Gasteiger partial charge >= 0.3 is 0 Å². The fourth-order valence-corrected chi connectivity index (χ4v) is 3.96. The number of fused-ring (bicyclic) bond motifs is 3. The average Bonchev–Trinajstić information content (AvgIpc) is 3.18. The van der Waals surface area contributed by atoms with E-state index in [1.807, 2.05) is 0 Å². The van der Waals surface area contributed by atoms with Gasteiger partial charge in [-0.25, -0.2) is 8.78 Å². The molecule has 6 nitrogen and oxygen atoms in total. The molecule has 0 aliphatic carbocycles. The zero-order valence-corrected chi connectivity index (χ0v) is 15.9. The number of aromatic nitrogens is 2. The third kappa shape index (κ3) is 3.10. The molecule has 0 radical (unpaired) electrons. The van der Waals surface area contributed by atoms with Crippen LogP contribution in [0.25, 0.3) is 16.6 Å². The van der Waals surface area contributed by atoms with Crippen LogP contribution in [0, 0.1) is 11.6 Å². The summed E-state index contributed by atoms with van der Waals surface area (Å²) in [6.45, 7) is 2.35. The number of hydrogen-bond donors (Lipinski definition) is 1. The van der Waals surface area contributed by atoms with Crippen LogP contribution in [0.2, 0.25) is 0 Å². The highest BCUT2D eigenvalue weighted by atomic mass is 19.1. The Morgan fingerprint density at radius 3 is 2.33 bits per heavy atom. The van der Waals surface area contributed by atoms with Gasteiger partial charge in [-0.05, 0) is 48.5 Å². The van der Waals surface area contributed by atoms with Crippen molar-refractivity contribution in [1.82, 2.24) is 14.3 Å². The molecule has 1 aliphatic heterocycles. The number of rotatable bonds is 2. The van der Waals surface area contributed by atoms with Crippen LogP contribution in [0.3, 0.4) is 0 Å². The van der Waals surface area contributed by atoms with Gasteiger partial charge in [0, 0.05) is 38.1 Å². The van der Waals surface area contributed by atoms with Crippen molar-refractivity contribution in [3.63, 3.8) is 0 Å². The zero-order chi connectivity index (χ0) is 20.8. The molecule has 2 aromatic carbocycles. The summed E-state index contributed by atoms with van der Waals surface area (Å²) in [6, 6.07) is 12.0. The second kappa shape index (κ2) is 6.98. The van der Waals surface area contributed by atoms with Gasteiger partial charge in [-0.15, -0.1) is 0 Å². The number of amides is 1. The number of piperazine rings is 1. The molecule has 0 atom stereocenters. The quantitative estimate of drug-likeness (QED) is 0.555. The molecule has 30 heavy (non-hydrogen) atoms. The van der Waals surface area contributed by atoms with E-state index in [-0.39, 0.29) is 17.1 Å². The second-order valence-corrected chi connectivity index (χ2v) is 7.36. The predicted octanol–water partition coefficient (Wildman–Crippen LogP) is 3.02. The van der Waals surface area contributed by atoms with Gasteiger partial charge in [-0.3, -0.25) is 9.59 Å². The van der Waals surface area contributed by atoms with Gasteiger partial charge in [0.1, 0.15) is 17.3 Å². The maximum atomic E-state index is 13.5. The summed E-state index contributed by atoms with van der Waals surface area (Å²) in [6.07, 6.45) is 1.67. The molecule has 8 heteroatoms. The molecular weight excluding hydrogens is 390 g/mol. The maximum Gasteiger partial charge on any atom is 0.259 e. The molecule has 0 saturated carbocycles. The van der Waals surface area contributed by atoms with Gasteiger partial charge in [0.25, 0.3) is 11.5 Å². The fraction of sp³-hybridized carbons (Fsp3) is 0.182. The van der Waals surface area contributed by atoms with Gasteiger partial charge in [0.2, 0.25) is 0 Å². The molecule has 152 valence electrons. The van der Waals surface area contributed by atoms with E-state index >= 15 is 0 Å². The Labute approximate surface area is 170 Å². The van der Waals surface area contributed by atoms with E-state index in [1.165, 1.54) is 30.3 Å². The highest BCUT2D eigenvalue weighted by molar-refractivity contribution is 5.96. The molecule has 2 aromatic heterocycles. The molecule has 3 heterocycles. The molecule has 1 amide bonds. The van der Waals surface area contributed by atoms with E-state index in [4.69, 9.17) is 0 Å². The Bertz CT molecular complexity index is 1320. The van der Waals surface area contributed by atoms with E-state index < -0.39 is 11.4 Å². The largest absolute Gasteiger partial charge is 0.368 e. The van der Waals surface area contributed by atoms with Crippen molar-refractivity contribution in [3.8, 4) is 0 Å². The summed E-state index contributed by atoms with van der Waals surface area (Å²) in [5.74, 6) is -0.898. The monoisotopic (exact) mass is 408 g/mol. The summed E-state index contributed by atoms with van der Waals surface area (Å²) in [4.78, 5) is 31.9. The van der Waals surface area contributed by atoms with Crippen molar-refractivity contribution in [3.05, 3.63) is 82.3 Å². The van der Waals surface area contributed by atoms with E-state index in [1.54, 1.807) is 33.7 Å². The van der Waals surface area contributed by atoms with Crippen molar-refractivity contribution in [1.29, 1.82) is 0 Å². The van der Waals surface area contributed by atoms with E-state index in [2.05, 4.69) is 9.88 Å². The first-order valence-corrected chi connectivity index (χ1v) is 9.63. The Morgan fingerprint density at radius 2 is 1.60 bits per heavy atom. The number of hydrogen-bond acceptors (Lipinski definition) is 3. The van der Waals surface area contributed by atoms with Gasteiger partial charge in [0.15, 0.2) is 0 Å². The van der Waals surface area contributed by atoms with Crippen molar-refractivity contribution in [2.24, 2.45) is 0 Å². The van der Waals surface area contributed by atoms with Crippen molar-refractivity contribution < 1.29 is 13.6 Å². The number of nitrogens with zero attached hydrogens (tertiary/aromatic N) is 3. The van der Waals surface area contributed by atoms with Crippen LogP contribution in [-0.4, -0.2) is 46.4 Å². The van der Waals surface area contributed by atoms with Crippen LogP contribution in [0.4, 0.5) is 14.5 Å². The second-order valence-electron chi connectivity index (χ2n) is 7.36. The number of carbonyl (C=O) groups is 1. The van der Waals surface area contributed by atoms with Gasteiger partial charge in [0.05, 0.1) is 16.5 Å². The number of H-pyrrole nitrogens is 1. The first-order valence-electron chi connectivity index (χ1n) is 9.63. The lowest BCUT2D eigenvalue weighted by molar-refractivity contribution is 0.0747. The lowest BCUT2D eigenvalue weighted by Crippen LogP contribution is -2.48. The highest BCUT2D eigenvalue weighted by Gasteiger charge is 2.23. The third-order valence-electron chi connectivity index (χ3n) is 5.53. The molecule has 1 N–H and O–H groups in total. The smallest absolute Gasteiger partial charge is 0.259 e. The minimum atomic E-state index is -0.491. The van der Waals surface area contributed by atoms with Crippen LogP contribution in [-0.2, 0) is 0 Å². The van der Waals surface area contributed by atoms with Gasteiger partial charge in [-0.2, -0.15) is 0 Å². The first kappa shape index (κ1) is 18.4. The normalized spacial score (nSPS) is 14.6. The molecular formula is C22H18F2N4O2. The van der Waals surface area contributed by atoms with Crippen LogP contribution in [0.15, 0.2) is 59.5 Å². The highest BCUT2D eigenvalue weighted by Crippen LogP contribution is 2.20. The van der Waals surface area contributed by atoms with Crippen LogP contribution in [0.5, 0.6) is 0 Å². The number of aromatic amines is 1. The molecule has 5 rings (SSSR count). The van der Waals surface area contributed by atoms with Gasteiger partial charge < -0.3 is 19.2 Å². The third-order valence-corrected chi connectivity index (χ3v) is 5.53. The summed E-state index contributed by atoms with van der Waals surface area (Å²) < 4.78 is 28.3. The van der Waals surface area contributed by atoms with E-state index in [9.17, 15) is 18.4 Å². The Morgan fingerprint density at radius 1 is 0.900 bits per heavy atom. The standard InChI is InChI=1S/C22H18F2N4O2/c23-15-1-4-17(5-2-15)26-7-9-27(10-8-26)22(30)14-11-20-25-21(29)18-12-16(24)3-6-19(18)28(20)13-14/h1-6,11-13H,7-10H2,(H,25,29). The van der Waals surface area contributed by atoms with E-state index in [0.29, 0.717) is 42.9 Å². The summed E-state index contributed by atoms with van der Waals surface area (Å²) in [5, 5.41) is 0.227. The first-order chi connectivity index (χ1) is 14.5. The fourth-order valence-electron chi connectivity index (χ4n) is 3.96. The minimum absolute atomic E-state index is 0.131. The molecule has 1 saturated heterocycles. The van der Waals surface area contributed by atoms with Crippen molar-refractivity contribution in [2.75, 3.05) is 31.1 Å². The van der Waals surface area contributed by atoms with E-state index in [0.717, 1.165) is 5.69 Å². The zero-order valence-electron chi connectivity index (χ0n) is 15.9. The van der Waals surface area contributed by atoms with Crippen molar-refractivity contribution >= 4 is 28.1 Å². The average molecular weight is 408 g/mol. The Balaban J connectivity index is 1.39. The number of benzene rings is 2. The van der Waals surface area contributed by atoms with Crippen LogP contribution < -0.4 is 10.5 Å². The molecule has 1 aliphatic rings. The molecule has 4 aromatic rings. The number of nitrogens with one attached hydrogen (secondary N) is 1. The summed E-state index contributed by atoms with van der Waals surface area (Å²) in [5.41, 5.74) is 2.00. The Kier molecular flexibility index (Phi) is 4.27. The lowest BCUT2D eigenvalue weighted by Gasteiger charge is -2.36. The molecule has 0 bridgehead atoms. The predicted molar refractivity (Wildman–Crippen MR) is 110 cm³/mol.